The Morgan fingerprint density at radius 2 is 1.79 bits per heavy atom. The fraction of sp³-hybridized carbons (Fsp3) is 0.294. The molecule has 2 unspecified atom stereocenters. The van der Waals surface area contributed by atoms with E-state index in [2.05, 4.69) is 62.4 Å². The first-order valence-electron chi connectivity index (χ1n) is 6.74. The van der Waals surface area contributed by atoms with Crippen molar-refractivity contribution >= 4 is 11.8 Å². The normalized spacial score (nSPS) is 14.1. The third kappa shape index (κ3) is 3.85. The molecule has 0 saturated carbocycles. The number of rotatable bonds is 5. The van der Waals surface area contributed by atoms with Crippen molar-refractivity contribution < 1.29 is 0 Å². The number of nitrogens with two attached hydrogens (primary N) is 1. The number of hydrogen-bond donors (Lipinski definition) is 1. The van der Waals surface area contributed by atoms with Crippen molar-refractivity contribution in [2.45, 2.75) is 36.5 Å². The van der Waals surface area contributed by atoms with Gasteiger partial charge < -0.3 is 5.73 Å². The molecule has 2 N–H and O–H groups in total. The van der Waals surface area contributed by atoms with Crippen LogP contribution < -0.4 is 5.73 Å². The van der Waals surface area contributed by atoms with Crippen LogP contribution in [0.1, 0.15) is 29.7 Å². The molecule has 0 aliphatic heterocycles. The zero-order chi connectivity index (χ0) is 13.7. The largest absolute Gasteiger partial charge is 0.326 e. The fourth-order valence-corrected chi connectivity index (χ4v) is 3.37. The Morgan fingerprint density at radius 1 is 1.05 bits per heavy atom. The highest BCUT2D eigenvalue weighted by atomic mass is 32.2. The van der Waals surface area contributed by atoms with Crippen molar-refractivity contribution in [3.63, 3.8) is 0 Å². The predicted octanol–water partition coefficient (Wildman–Crippen LogP) is 4.57. The van der Waals surface area contributed by atoms with Gasteiger partial charge in [-0.25, -0.2) is 0 Å². The highest BCUT2D eigenvalue weighted by molar-refractivity contribution is 7.99. The van der Waals surface area contributed by atoms with Crippen LogP contribution in [0.4, 0.5) is 0 Å². The fourth-order valence-electron chi connectivity index (χ4n) is 2.11. The van der Waals surface area contributed by atoms with E-state index in [1.807, 2.05) is 17.8 Å². The van der Waals surface area contributed by atoms with Gasteiger partial charge in [0, 0.05) is 16.2 Å². The molecule has 0 aromatic heterocycles. The van der Waals surface area contributed by atoms with Gasteiger partial charge in [-0.3, -0.25) is 0 Å². The summed E-state index contributed by atoms with van der Waals surface area (Å²) >= 11 is 1.86. The third-order valence-electron chi connectivity index (χ3n) is 3.24. The first kappa shape index (κ1) is 14.2. The summed E-state index contributed by atoms with van der Waals surface area (Å²) in [4.78, 5) is 1.28. The SMILES string of the molecule is CCC(N)C(Sc1ccccc1)c1cccc(C)c1. The quantitative estimate of drug-likeness (QED) is 0.806. The molecule has 2 aromatic rings. The van der Waals surface area contributed by atoms with Crippen LogP contribution in [0.5, 0.6) is 0 Å². The van der Waals surface area contributed by atoms with E-state index in [9.17, 15) is 0 Å². The Balaban J connectivity index is 2.26. The maximum Gasteiger partial charge on any atom is 0.0495 e. The van der Waals surface area contributed by atoms with Crippen LogP contribution >= 0.6 is 11.8 Å². The van der Waals surface area contributed by atoms with Gasteiger partial charge in [0.25, 0.3) is 0 Å². The van der Waals surface area contributed by atoms with Crippen molar-refractivity contribution in [2.75, 3.05) is 0 Å². The van der Waals surface area contributed by atoms with Crippen molar-refractivity contribution in [3.05, 3.63) is 65.7 Å². The van der Waals surface area contributed by atoms with E-state index in [4.69, 9.17) is 5.73 Å². The van der Waals surface area contributed by atoms with E-state index in [0.717, 1.165) is 6.42 Å². The summed E-state index contributed by atoms with van der Waals surface area (Å²) in [5, 5.41) is 0.312. The molecule has 0 spiro atoms. The first-order valence-corrected chi connectivity index (χ1v) is 7.62. The second-order valence-electron chi connectivity index (χ2n) is 4.84. The average molecular weight is 271 g/mol. The molecule has 0 radical (unpaired) electrons. The van der Waals surface area contributed by atoms with Crippen molar-refractivity contribution in [1.82, 2.24) is 0 Å². The Bertz CT molecular complexity index is 510. The van der Waals surface area contributed by atoms with Crippen LogP contribution in [-0.2, 0) is 0 Å². The maximum atomic E-state index is 6.33. The molecule has 0 saturated heterocycles. The maximum absolute atomic E-state index is 6.33. The standard InChI is InChI=1S/C17H21NS/c1-3-16(18)17(14-9-7-8-13(2)12-14)19-15-10-5-4-6-11-15/h4-12,16-17H,3,18H2,1-2H3. The van der Waals surface area contributed by atoms with E-state index in [-0.39, 0.29) is 6.04 Å². The zero-order valence-electron chi connectivity index (χ0n) is 11.5. The molecule has 0 bridgehead atoms. The lowest BCUT2D eigenvalue weighted by atomic mass is 10.0. The summed E-state index contributed by atoms with van der Waals surface area (Å²) in [6.07, 6.45) is 0.985. The van der Waals surface area contributed by atoms with Gasteiger partial charge in [-0.1, -0.05) is 55.0 Å². The second-order valence-corrected chi connectivity index (χ2v) is 6.05. The molecular formula is C17H21NS. The zero-order valence-corrected chi connectivity index (χ0v) is 12.4. The van der Waals surface area contributed by atoms with Crippen molar-refractivity contribution in [3.8, 4) is 0 Å². The van der Waals surface area contributed by atoms with E-state index in [0.29, 0.717) is 5.25 Å². The second kappa shape index (κ2) is 6.78. The summed E-state index contributed by atoms with van der Waals surface area (Å²) in [6.45, 7) is 4.28. The van der Waals surface area contributed by atoms with Gasteiger partial charge in [-0.2, -0.15) is 0 Å². The lowest BCUT2D eigenvalue weighted by molar-refractivity contribution is 0.634. The van der Waals surface area contributed by atoms with Gasteiger partial charge in [-0.05, 0) is 31.0 Å². The number of aryl methyl sites for hydroxylation is 1. The van der Waals surface area contributed by atoms with Gasteiger partial charge in [0.15, 0.2) is 0 Å². The summed E-state index contributed by atoms with van der Waals surface area (Å²) in [5.41, 5.74) is 8.94. The van der Waals surface area contributed by atoms with Crippen LogP contribution in [0.2, 0.25) is 0 Å². The number of benzene rings is 2. The van der Waals surface area contributed by atoms with E-state index in [1.165, 1.54) is 16.0 Å². The Kier molecular flexibility index (Phi) is 5.06. The van der Waals surface area contributed by atoms with Crippen LogP contribution in [0.3, 0.4) is 0 Å². The van der Waals surface area contributed by atoms with Gasteiger partial charge >= 0.3 is 0 Å². The summed E-state index contributed by atoms with van der Waals surface area (Å²) in [5.74, 6) is 0. The molecule has 0 heterocycles. The average Bonchev–Trinajstić information content (AvgIpc) is 2.45. The monoisotopic (exact) mass is 271 g/mol. The molecule has 0 aliphatic rings. The Labute approximate surface area is 120 Å². The molecule has 1 nitrogen and oxygen atoms in total. The number of hydrogen-bond acceptors (Lipinski definition) is 2. The van der Waals surface area contributed by atoms with Gasteiger partial charge in [0.2, 0.25) is 0 Å². The molecule has 2 rings (SSSR count). The Morgan fingerprint density at radius 3 is 2.42 bits per heavy atom. The van der Waals surface area contributed by atoms with Crippen molar-refractivity contribution in [1.29, 1.82) is 0 Å². The van der Waals surface area contributed by atoms with Crippen LogP contribution in [0.15, 0.2) is 59.5 Å². The summed E-state index contributed by atoms with van der Waals surface area (Å²) in [6, 6.07) is 19.3. The van der Waals surface area contributed by atoms with Crippen LogP contribution in [0, 0.1) is 6.92 Å². The first-order chi connectivity index (χ1) is 9.20. The molecule has 2 heteroatoms. The number of thioether (sulfide) groups is 1. The topological polar surface area (TPSA) is 26.0 Å². The summed E-state index contributed by atoms with van der Waals surface area (Å²) < 4.78 is 0. The molecule has 0 fully saturated rings. The molecule has 2 atom stereocenters. The molecule has 2 aromatic carbocycles. The smallest absolute Gasteiger partial charge is 0.0495 e. The van der Waals surface area contributed by atoms with E-state index < -0.39 is 0 Å². The minimum absolute atomic E-state index is 0.173. The van der Waals surface area contributed by atoms with Crippen molar-refractivity contribution in [2.24, 2.45) is 5.73 Å². The van der Waals surface area contributed by atoms with Crippen LogP contribution in [-0.4, -0.2) is 6.04 Å². The minimum Gasteiger partial charge on any atom is -0.326 e. The lowest BCUT2D eigenvalue weighted by Crippen LogP contribution is -2.25. The van der Waals surface area contributed by atoms with Gasteiger partial charge in [-0.15, -0.1) is 11.8 Å². The van der Waals surface area contributed by atoms with E-state index >= 15 is 0 Å². The molecule has 19 heavy (non-hydrogen) atoms. The van der Waals surface area contributed by atoms with Crippen LogP contribution in [0.25, 0.3) is 0 Å². The minimum atomic E-state index is 0.173. The van der Waals surface area contributed by atoms with E-state index in [1.54, 1.807) is 0 Å². The lowest BCUT2D eigenvalue weighted by Gasteiger charge is -2.23. The Hall–Kier alpha value is -1.25. The molecule has 100 valence electrons. The highest BCUT2D eigenvalue weighted by Crippen LogP contribution is 2.38. The summed E-state index contributed by atoms with van der Waals surface area (Å²) in [7, 11) is 0. The van der Waals surface area contributed by atoms with Gasteiger partial charge in [0.05, 0.1) is 0 Å². The molecular weight excluding hydrogens is 250 g/mol. The molecule has 0 aliphatic carbocycles. The third-order valence-corrected chi connectivity index (χ3v) is 4.66. The van der Waals surface area contributed by atoms with Gasteiger partial charge in [0.1, 0.15) is 0 Å². The predicted molar refractivity (Wildman–Crippen MR) is 84.5 cm³/mol. The highest BCUT2D eigenvalue weighted by Gasteiger charge is 2.19. The molecule has 0 amide bonds.